The van der Waals surface area contributed by atoms with E-state index in [1.165, 1.54) is 37.6 Å². The second kappa shape index (κ2) is 10.7. The number of benzene rings is 1. The minimum Gasteiger partial charge on any atom is -0.381 e. The van der Waals surface area contributed by atoms with Crippen LogP contribution in [-0.2, 0) is 17.7 Å². The lowest BCUT2D eigenvalue weighted by molar-refractivity contribution is 0.0834. The largest absolute Gasteiger partial charge is 0.381 e. The van der Waals surface area contributed by atoms with Gasteiger partial charge in [0, 0.05) is 44.0 Å². The zero-order valence-electron chi connectivity index (χ0n) is 17.9. The normalized spacial score (nSPS) is 18.0. The zero-order chi connectivity index (χ0) is 21.5. The van der Waals surface area contributed by atoms with Crippen LogP contribution >= 0.6 is 0 Å². The van der Waals surface area contributed by atoms with Crippen LogP contribution in [0.3, 0.4) is 0 Å². The van der Waals surface area contributed by atoms with Gasteiger partial charge in [0.1, 0.15) is 17.8 Å². The van der Waals surface area contributed by atoms with Crippen molar-refractivity contribution in [2.75, 3.05) is 13.2 Å². The number of ether oxygens (including phenoxy) is 1. The quantitative estimate of drug-likeness (QED) is 0.774. The van der Waals surface area contributed by atoms with Gasteiger partial charge in [-0.2, -0.15) is 5.10 Å². The summed E-state index contributed by atoms with van der Waals surface area (Å²) in [6, 6.07) is 6.46. The van der Waals surface area contributed by atoms with Crippen molar-refractivity contribution in [2.24, 2.45) is 5.92 Å². The summed E-state index contributed by atoms with van der Waals surface area (Å²) in [5.74, 6) is 1.22. The van der Waals surface area contributed by atoms with E-state index in [4.69, 9.17) is 4.74 Å². The number of nitrogens with zero attached hydrogens (tertiary/aromatic N) is 3. The van der Waals surface area contributed by atoms with Crippen molar-refractivity contribution < 1.29 is 9.13 Å². The van der Waals surface area contributed by atoms with E-state index in [0.29, 0.717) is 32.1 Å². The van der Waals surface area contributed by atoms with Crippen molar-refractivity contribution in [3.8, 4) is 0 Å². The molecule has 0 atom stereocenters. The summed E-state index contributed by atoms with van der Waals surface area (Å²) in [6.07, 6.45) is 11.5. The molecular formula is C24H31FN4O2. The first-order chi connectivity index (χ1) is 15.2. The van der Waals surface area contributed by atoms with E-state index in [-0.39, 0.29) is 17.3 Å². The van der Waals surface area contributed by atoms with Crippen LogP contribution in [0.2, 0.25) is 0 Å². The maximum absolute atomic E-state index is 13.4. The van der Waals surface area contributed by atoms with Gasteiger partial charge >= 0.3 is 0 Å². The first-order valence-corrected chi connectivity index (χ1v) is 11.4. The van der Waals surface area contributed by atoms with Crippen LogP contribution in [-0.4, -0.2) is 33.0 Å². The Morgan fingerprint density at radius 3 is 2.55 bits per heavy atom. The molecule has 1 saturated carbocycles. The average molecular weight is 427 g/mol. The van der Waals surface area contributed by atoms with Crippen LogP contribution in [0, 0.1) is 11.7 Å². The lowest BCUT2D eigenvalue weighted by Gasteiger charge is -2.23. The maximum Gasteiger partial charge on any atom is 0.271 e. The standard InChI is InChI=1S/C24H31FN4O2/c25-21-8-6-18(7-9-21)14-22-15-26-24(20-10-12-31-13-11-20)28-27-16-23(30)29(22)17-19-4-2-1-3-5-19/h6-9,15-16,19-20H,1-5,10-14,17H2,(H,26,28). The highest BCUT2D eigenvalue weighted by Gasteiger charge is 2.19. The smallest absolute Gasteiger partial charge is 0.271 e. The molecule has 31 heavy (non-hydrogen) atoms. The maximum atomic E-state index is 13.4. The Morgan fingerprint density at radius 2 is 1.81 bits per heavy atom. The molecule has 2 aliphatic rings. The monoisotopic (exact) mass is 426 g/mol. The van der Waals surface area contributed by atoms with E-state index in [1.54, 1.807) is 12.1 Å². The Bertz CT molecular complexity index is 956. The molecule has 4 rings (SSSR count). The fourth-order valence-corrected chi connectivity index (χ4v) is 4.58. The molecule has 1 N–H and O–H groups in total. The molecule has 0 bridgehead atoms. The van der Waals surface area contributed by atoms with Gasteiger partial charge in [-0.15, -0.1) is 5.10 Å². The molecule has 0 amide bonds. The van der Waals surface area contributed by atoms with Gasteiger partial charge in [-0.05, 0) is 49.3 Å². The molecule has 1 saturated heterocycles. The average Bonchev–Trinajstić information content (AvgIpc) is 2.87. The summed E-state index contributed by atoms with van der Waals surface area (Å²) in [5.41, 5.74) is 1.66. The predicted octanol–water partition coefficient (Wildman–Crippen LogP) is 4.30. The van der Waals surface area contributed by atoms with Crippen LogP contribution in [0.15, 0.2) is 41.5 Å². The van der Waals surface area contributed by atoms with E-state index in [1.807, 2.05) is 10.8 Å². The Kier molecular flexibility index (Phi) is 7.46. The highest BCUT2D eigenvalue weighted by Crippen LogP contribution is 2.25. The number of aromatic nitrogens is 4. The van der Waals surface area contributed by atoms with Crippen LogP contribution in [0.4, 0.5) is 4.39 Å². The molecule has 1 aromatic heterocycles. The van der Waals surface area contributed by atoms with E-state index >= 15 is 0 Å². The minimum atomic E-state index is -0.262. The highest BCUT2D eigenvalue weighted by atomic mass is 19.1. The Labute approximate surface area is 182 Å². The van der Waals surface area contributed by atoms with Gasteiger partial charge in [0.25, 0.3) is 5.56 Å². The summed E-state index contributed by atoms with van der Waals surface area (Å²) < 4.78 is 20.7. The van der Waals surface area contributed by atoms with Gasteiger partial charge in [0.05, 0.1) is 0 Å². The predicted molar refractivity (Wildman–Crippen MR) is 117 cm³/mol. The topological polar surface area (TPSA) is 72.8 Å². The lowest BCUT2D eigenvalue weighted by Crippen LogP contribution is -2.26. The second-order valence-electron chi connectivity index (χ2n) is 8.65. The number of rotatable bonds is 5. The van der Waals surface area contributed by atoms with Crippen LogP contribution in [0.1, 0.15) is 67.9 Å². The van der Waals surface area contributed by atoms with E-state index in [9.17, 15) is 9.18 Å². The molecule has 7 heteroatoms. The molecule has 2 heterocycles. The summed E-state index contributed by atoms with van der Waals surface area (Å²) >= 11 is 0. The summed E-state index contributed by atoms with van der Waals surface area (Å²) in [6.45, 7) is 2.08. The van der Waals surface area contributed by atoms with Gasteiger partial charge in [-0.1, -0.05) is 31.4 Å². The highest BCUT2D eigenvalue weighted by molar-refractivity contribution is 5.21. The van der Waals surface area contributed by atoms with Crippen LogP contribution in [0.25, 0.3) is 0 Å². The minimum absolute atomic E-state index is 0.155. The Morgan fingerprint density at radius 1 is 1.06 bits per heavy atom. The molecule has 0 unspecified atom stereocenters. The summed E-state index contributed by atoms with van der Waals surface area (Å²) in [7, 11) is 0. The molecule has 2 fully saturated rings. The van der Waals surface area contributed by atoms with E-state index in [0.717, 1.165) is 42.8 Å². The van der Waals surface area contributed by atoms with Crippen molar-refractivity contribution in [1.82, 2.24) is 19.7 Å². The molecule has 1 aliphatic heterocycles. The number of nitrogens with one attached hydrogen (secondary N) is 1. The second-order valence-corrected chi connectivity index (χ2v) is 8.65. The third kappa shape index (κ3) is 6.00. The van der Waals surface area contributed by atoms with Gasteiger partial charge in [-0.25, -0.2) is 4.39 Å². The van der Waals surface area contributed by atoms with Gasteiger partial charge < -0.3 is 14.3 Å². The molecule has 2 aromatic rings. The molecule has 6 nitrogen and oxygen atoms in total. The van der Waals surface area contributed by atoms with Crippen molar-refractivity contribution in [3.05, 3.63) is 69.9 Å². The molecule has 166 valence electrons. The van der Waals surface area contributed by atoms with E-state index < -0.39 is 0 Å². The fraction of sp³-hybridized carbons (Fsp3) is 0.542. The van der Waals surface area contributed by atoms with Crippen LogP contribution < -0.4 is 5.56 Å². The molecule has 1 aromatic carbocycles. The fourth-order valence-electron chi connectivity index (χ4n) is 4.58. The van der Waals surface area contributed by atoms with Gasteiger partial charge in [-0.3, -0.25) is 4.79 Å². The molecule has 1 aliphatic carbocycles. The number of halogens is 1. The number of aromatic amines is 1. The summed E-state index contributed by atoms with van der Waals surface area (Å²) in [4.78, 5) is 16.4. The van der Waals surface area contributed by atoms with Crippen molar-refractivity contribution in [3.63, 3.8) is 0 Å². The number of hydrogen-bond donors (Lipinski definition) is 1. The third-order valence-corrected chi connectivity index (χ3v) is 6.41. The van der Waals surface area contributed by atoms with Gasteiger partial charge in [0.15, 0.2) is 0 Å². The first-order valence-electron chi connectivity index (χ1n) is 11.4. The van der Waals surface area contributed by atoms with Crippen LogP contribution in [0.5, 0.6) is 0 Å². The molecule has 0 spiro atoms. The molecular weight excluding hydrogens is 395 g/mol. The molecule has 0 radical (unpaired) electrons. The number of hydrogen-bond acceptors (Lipinski definition) is 4. The lowest BCUT2D eigenvalue weighted by atomic mass is 9.89. The SMILES string of the molecule is O=c1cnnc(C2CCOCC2)[nH]cc(Cc2ccc(F)cc2)n1CC1CCCCC1. The number of H-pyrrole nitrogens is 1. The summed E-state index contributed by atoms with van der Waals surface area (Å²) in [5, 5.41) is 8.44. The van der Waals surface area contributed by atoms with Gasteiger partial charge in [0.2, 0.25) is 0 Å². The Balaban J connectivity index is 1.74. The van der Waals surface area contributed by atoms with Crippen molar-refractivity contribution in [1.29, 1.82) is 0 Å². The van der Waals surface area contributed by atoms with E-state index in [2.05, 4.69) is 15.2 Å². The first kappa shape index (κ1) is 21.7. The zero-order valence-corrected chi connectivity index (χ0v) is 17.9. The van der Waals surface area contributed by atoms with Crippen molar-refractivity contribution in [2.45, 2.75) is 63.8 Å². The third-order valence-electron chi connectivity index (χ3n) is 6.41. The van der Waals surface area contributed by atoms with Crippen molar-refractivity contribution >= 4 is 0 Å². The Hall–Kier alpha value is -2.54.